The van der Waals surface area contributed by atoms with Gasteiger partial charge in [0.25, 0.3) is 5.56 Å². The van der Waals surface area contributed by atoms with Crippen molar-refractivity contribution in [3.05, 3.63) is 22.8 Å². The average Bonchev–Trinajstić information content (AvgIpc) is 3.15. The first-order chi connectivity index (χ1) is 13.3. The van der Waals surface area contributed by atoms with Crippen LogP contribution in [-0.4, -0.2) is 54.9 Å². The quantitative estimate of drug-likeness (QED) is 0.298. The first-order valence-corrected chi connectivity index (χ1v) is 11.4. The smallest absolute Gasteiger partial charge is 0.356 e. The Morgan fingerprint density at radius 3 is 2.64 bits per heavy atom. The number of fused-ring (bicyclic) bond motifs is 1. The maximum Gasteiger partial charge on any atom is 0.356 e. The van der Waals surface area contributed by atoms with E-state index in [4.69, 9.17) is 19.5 Å². The Kier molecular flexibility index (Phi) is 6.34. The van der Waals surface area contributed by atoms with Crippen molar-refractivity contribution in [1.82, 2.24) is 19.5 Å². The first kappa shape index (κ1) is 21.1. The zero-order valence-electron chi connectivity index (χ0n) is 15.1. The standard InChI is InChI=1S/C15H19IN5O6P/c1-3-26-28(24,27-4-2)7-25-12-8(16)5-9(11(12)22)21-6-18-10-13(21)19-15(17)20-14(10)23/h5-6,8,12H,3-4,7H2,1-2H3,(H3,17,19,20,23). The molecule has 0 spiro atoms. The number of imidazole rings is 1. The van der Waals surface area contributed by atoms with Crippen LogP contribution in [0.25, 0.3) is 16.9 Å². The van der Waals surface area contributed by atoms with E-state index in [1.165, 1.54) is 10.9 Å². The van der Waals surface area contributed by atoms with Crippen LogP contribution < -0.4 is 11.3 Å². The minimum Gasteiger partial charge on any atom is -0.369 e. The third-order valence-corrected chi connectivity index (χ3v) is 6.65. The number of rotatable bonds is 8. The fraction of sp³-hybridized carbons (Fsp3) is 0.467. The predicted molar refractivity (Wildman–Crippen MR) is 110 cm³/mol. The van der Waals surface area contributed by atoms with Gasteiger partial charge in [0.05, 0.1) is 22.8 Å². The highest BCUT2D eigenvalue weighted by atomic mass is 127. The van der Waals surface area contributed by atoms with Crippen LogP contribution in [0, 0.1) is 0 Å². The number of ether oxygens (including phenoxy) is 1. The monoisotopic (exact) mass is 523 g/mol. The molecule has 28 heavy (non-hydrogen) atoms. The number of anilines is 1. The Morgan fingerprint density at radius 1 is 1.32 bits per heavy atom. The number of H-pyrrole nitrogens is 1. The molecular weight excluding hydrogens is 504 g/mol. The summed E-state index contributed by atoms with van der Waals surface area (Å²) < 4.78 is 29.6. The summed E-state index contributed by atoms with van der Waals surface area (Å²) in [7, 11) is -3.45. The van der Waals surface area contributed by atoms with Crippen molar-refractivity contribution in [3.8, 4) is 0 Å². The normalized spacial score (nSPS) is 20.1. The van der Waals surface area contributed by atoms with E-state index in [9.17, 15) is 14.2 Å². The topological polar surface area (TPSA) is 151 Å². The third-order valence-electron chi connectivity index (χ3n) is 3.87. The van der Waals surface area contributed by atoms with Gasteiger partial charge in [0.15, 0.2) is 11.2 Å². The largest absolute Gasteiger partial charge is 0.369 e. The number of halogens is 1. The average molecular weight is 523 g/mol. The summed E-state index contributed by atoms with van der Waals surface area (Å²) in [6.45, 7) is 3.77. The molecule has 13 heteroatoms. The molecule has 0 aromatic carbocycles. The van der Waals surface area contributed by atoms with Gasteiger partial charge in [-0.05, 0) is 19.9 Å². The number of nitrogens with zero attached hydrogens (tertiary/aromatic N) is 3. The Labute approximate surface area is 173 Å². The molecule has 2 aromatic heterocycles. The maximum atomic E-state index is 12.9. The molecule has 2 aromatic rings. The number of hydrogen-bond acceptors (Lipinski definition) is 9. The van der Waals surface area contributed by atoms with Gasteiger partial charge in [-0.25, -0.2) is 4.98 Å². The van der Waals surface area contributed by atoms with E-state index >= 15 is 0 Å². The number of nitrogen functional groups attached to an aromatic ring is 1. The molecule has 0 saturated heterocycles. The van der Waals surface area contributed by atoms with Crippen molar-refractivity contribution < 1.29 is 23.1 Å². The minimum atomic E-state index is -3.45. The van der Waals surface area contributed by atoms with Gasteiger partial charge in [-0.15, -0.1) is 0 Å². The van der Waals surface area contributed by atoms with Crippen molar-refractivity contribution in [2.45, 2.75) is 23.9 Å². The third kappa shape index (κ3) is 4.06. The molecule has 0 aliphatic heterocycles. The number of carbonyl (C=O) groups excluding carboxylic acids is 1. The van der Waals surface area contributed by atoms with Crippen molar-refractivity contribution in [1.29, 1.82) is 0 Å². The van der Waals surface area contributed by atoms with Crippen LogP contribution in [-0.2, 0) is 23.1 Å². The van der Waals surface area contributed by atoms with Gasteiger partial charge in [0.2, 0.25) is 11.7 Å². The zero-order valence-corrected chi connectivity index (χ0v) is 18.2. The van der Waals surface area contributed by atoms with Crippen LogP contribution in [0.15, 0.2) is 17.2 Å². The molecule has 2 unspecified atom stereocenters. The summed E-state index contributed by atoms with van der Waals surface area (Å²) in [4.78, 5) is 35.2. The molecule has 0 saturated carbocycles. The number of aromatic amines is 1. The molecule has 0 bridgehead atoms. The van der Waals surface area contributed by atoms with Crippen molar-refractivity contribution in [2.24, 2.45) is 0 Å². The first-order valence-electron chi connectivity index (χ1n) is 8.42. The molecule has 152 valence electrons. The molecule has 0 amide bonds. The molecule has 2 heterocycles. The molecule has 3 rings (SSSR count). The summed E-state index contributed by atoms with van der Waals surface area (Å²) in [6.07, 6.45) is 1.76. The van der Waals surface area contributed by atoms with E-state index in [-0.39, 0.29) is 52.1 Å². The highest BCUT2D eigenvalue weighted by Crippen LogP contribution is 2.48. The van der Waals surface area contributed by atoms with Gasteiger partial charge in [-0.2, -0.15) is 4.98 Å². The van der Waals surface area contributed by atoms with Gasteiger partial charge in [0, 0.05) is 0 Å². The fourth-order valence-electron chi connectivity index (χ4n) is 2.76. The van der Waals surface area contributed by atoms with E-state index in [2.05, 4.69) is 15.0 Å². The van der Waals surface area contributed by atoms with Crippen LogP contribution in [0.2, 0.25) is 0 Å². The van der Waals surface area contributed by atoms with Gasteiger partial charge < -0.3 is 19.5 Å². The van der Waals surface area contributed by atoms with E-state index in [0.29, 0.717) is 0 Å². The SMILES string of the molecule is CCOP(=O)(COC1C(=O)C(n2cnc3c(=O)[nH]c(N)nc32)=CC1I)OCC. The van der Waals surface area contributed by atoms with E-state index < -0.39 is 19.3 Å². The second-order valence-electron chi connectivity index (χ2n) is 5.76. The molecule has 1 aliphatic rings. The molecule has 11 nitrogen and oxygen atoms in total. The number of nitrogens with one attached hydrogen (secondary N) is 1. The maximum absolute atomic E-state index is 12.9. The van der Waals surface area contributed by atoms with Crippen molar-refractivity contribution in [3.63, 3.8) is 0 Å². The number of nitrogens with two attached hydrogens (primary N) is 1. The van der Waals surface area contributed by atoms with Crippen molar-refractivity contribution in [2.75, 3.05) is 25.3 Å². The highest BCUT2D eigenvalue weighted by molar-refractivity contribution is 14.1. The minimum absolute atomic E-state index is 0.0643. The van der Waals surface area contributed by atoms with Crippen LogP contribution in [0.5, 0.6) is 0 Å². The Balaban J connectivity index is 1.84. The van der Waals surface area contributed by atoms with Crippen LogP contribution in [0.4, 0.5) is 5.95 Å². The lowest BCUT2D eigenvalue weighted by Crippen LogP contribution is -2.28. The summed E-state index contributed by atoms with van der Waals surface area (Å²) in [5.41, 5.74) is 5.57. The molecule has 3 N–H and O–H groups in total. The number of alkyl halides is 1. The van der Waals surface area contributed by atoms with E-state index in [1.54, 1.807) is 19.9 Å². The number of carbonyl (C=O) groups is 1. The lowest BCUT2D eigenvalue weighted by atomic mass is 10.2. The van der Waals surface area contributed by atoms with E-state index in [1.807, 2.05) is 22.6 Å². The van der Waals surface area contributed by atoms with E-state index in [0.717, 1.165) is 0 Å². The van der Waals surface area contributed by atoms with Gasteiger partial charge >= 0.3 is 7.60 Å². The molecule has 0 fully saturated rings. The fourth-order valence-corrected chi connectivity index (χ4v) is 4.99. The lowest BCUT2D eigenvalue weighted by Gasteiger charge is -2.20. The van der Waals surface area contributed by atoms with Crippen molar-refractivity contribution >= 4 is 58.8 Å². The van der Waals surface area contributed by atoms with Crippen LogP contribution in [0.1, 0.15) is 13.8 Å². The number of Topliss-reactive ketones (excluding diaryl/α,β-unsaturated/α-hetero) is 1. The second kappa shape index (κ2) is 8.41. The summed E-state index contributed by atoms with van der Waals surface area (Å²) in [5, 5.41) is 0. The number of aromatic nitrogens is 4. The molecular formula is C15H19IN5O6P. The van der Waals surface area contributed by atoms with Gasteiger partial charge in [-0.1, -0.05) is 22.6 Å². The second-order valence-corrected chi connectivity index (χ2v) is 9.20. The lowest BCUT2D eigenvalue weighted by molar-refractivity contribution is -0.122. The van der Waals surface area contributed by atoms with Gasteiger partial charge in [-0.3, -0.25) is 23.7 Å². The summed E-state index contributed by atoms with van der Waals surface area (Å²) in [5.74, 6) is -0.447. The number of ketones is 1. The molecule has 2 atom stereocenters. The van der Waals surface area contributed by atoms with Crippen LogP contribution in [0.3, 0.4) is 0 Å². The zero-order chi connectivity index (χ0) is 20.5. The predicted octanol–water partition coefficient (Wildman–Crippen LogP) is 1.54. The number of hydrogen-bond donors (Lipinski definition) is 2. The summed E-state index contributed by atoms with van der Waals surface area (Å²) >= 11 is 2.04. The van der Waals surface area contributed by atoms with Crippen LogP contribution >= 0.6 is 30.2 Å². The Morgan fingerprint density at radius 2 is 2.00 bits per heavy atom. The Hall–Kier alpha value is -1.60. The highest BCUT2D eigenvalue weighted by Gasteiger charge is 2.39. The Bertz CT molecular complexity index is 1020. The molecule has 0 radical (unpaired) electrons. The molecule has 1 aliphatic carbocycles. The van der Waals surface area contributed by atoms with Gasteiger partial charge in [0.1, 0.15) is 18.8 Å². The summed E-state index contributed by atoms with van der Waals surface area (Å²) in [6, 6.07) is 0.